The van der Waals surface area contributed by atoms with E-state index in [2.05, 4.69) is 236 Å². The van der Waals surface area contributed by atoms with Crippen LogP contribution in [0.15, 0.2) is 34.7 Å². The maximum absolute atomic E-state index is 7.24. The van der Waals surface area contributed by atoms with E-state index in [4.69, 9.17) is 4.42 Å². The lowest BCUT2D eigenvalue weighted by Crippen LogP contribution is -2.56. The summed E-state index contributed by atoms with van der Waals surface area (Å²) >= 11 is 0. The van der Waals surface area contributed by atoms with E-state index in [0.717, 1.165) is 11.2 Å². The van der Waals surface area contributed by atoms with Crippen molar-refractivity contribution in [3.05, 3.63) is 30.3 Å². The average Bonchev–Trinajstić information content (AvgIpc) is 3.91. The van der Waals surface area contributed by atoms with Crippen LogP contribution in [0.1, 0.15) is 0 Å². The Balaban J connectivity index is 1.37. The second-order valence-electron chi connectivity index (χ2n) is 23.3. The number of benzene rings is 8. The number of fused-ring (bicyclic) bond motifs is 8. The van der Waals surface area contributed by atoms with Crippen molar-refractivity contribution < 1.29 is 4.42 Å². The molecule has 0 spiro atoms. The minimum Gasteiger partial charge on any atom is -0.456 e. The van der Waals surface area contributed by atoms with Gasteiger partial charge in [-0.1, -0.05) is 104 Å². The molecule has 0 unspecified atom stereocenters. The minimum atomic E-state index is 1.01. The Labute approximate surface area is 462 Å². The zero-order valence-electron chi connectivity index (χ0n) is 49.7. The fourth-order valence-corrected chi connectivity index (χ4v) is 13.9. The third-order valence-electron chi connectivity index (χ3n) is 20.0. The molecule has 330 valence electrons. The van der Waals surface area contributed by atoms with Gasteiger partial charge in [-0.2, -0.15) is 0 Å². The van der Waals surface area contributed by atoms with E-state index in [1.807, 2.05) is 0 Å². The Hall–Kier alpha value is -4.96. The SMILES string of the molecule is Bc1cc2c(cc1N(c1cc(B)c(-c3c(B)c(B)c(B)c(B)c3B)c(B)c1)c1c(B)c(B)c3c(c1B)c(B)c(B)c1c3oc3c(B)c(B)c(B)c(B)c31)c1c(B)c(B)c(B)cc1n2-c1c(B)c(B)c(B)c(B)c1B. The zero-order valence-corrected chi connectivity index (χ0v) is 49.7. The zero-order chi connectivity index (χ0) is 54.1. The average molecular weight is 922 g/mol. The molecule has 0 saturated carbocycles. The second-order valence-corrected chi connectivity index (χ2v) is 23.3. The van der Waals surface area contributed by atoms with Crippen LogP contribution in [0.5, 0.6) is 0 Å². The smallest absolute Gasteiger partial charge is 0.143 e. The fraction of sp³-hybridized carbons (Fsp3) is 0. The van der Waals surface area contributed by atoms with Crippen molar-refractivity contribution in [2.45, 2.75) is 0 Å². The molecule has 0 radical (unpaired) electrons. The molecule has 0 amide bonds. The van der Waals surface area contributed by atoms with E-state index < -0.39 is 0 Å². The summed E-state index contributed by atoms with van der Waals surface area (Å²) in [5, 5.41) is 7.66. The molecule has 0 saturated heterocycles. The normalized spacial score (nSPS) is 11.8. The maximum Gasteiger partial charge on any atom is 0.143 e. The number of nitrogens with zero attached hydrogens (tertiary/aromatic N) is 2. The first-order chi connectivity index (χ1) is 34.7. The van der Waals surface area contributed by atoms with Gasteiger partial charge in [0.25, 0.3) is 0 Å². The molecule has 0 aliphatic heterocycles. The first-order valence-electron chi connectivity index (χ1n) is 27.1. The Bertz CT molecular complexity index is 4200. The number of furan rings is 1. The number of anilines is 3. The highest BCUT2D eigenvalue weighted by Crippen LogP contribution is 2.38. The summed E-state index contributed by atoms with van der Waals surface area (Å²) in [4.78, 5) is 2.65. The lowest BCUT2D eigenvalue weighted by Gasteiger charge is -2.34. The maximum atomic E-state index is 7.24. The molecule has 0 fully saturated rings. The summed E-state index contributed by atoms with van der Waals surface area (Å²) in [6.07, 6.45) is 0. The van der Waals surface area contributed by atoms with E-state index in [1.165, 1.54) is 214 Å². The quantitative estimate of drug-likeness (QED) is 0.160. The predicted molar refractivity (Wildman–Crippen MR) is 410 cm³/mol. The highest BCUT2D eigenvalue weighted by Gasteiger charge is 2.30. The van der Waals surface area contributed by atoms with Gasteiger partial charge in [0.15, 0.2) is 0 Å². The van der Waals surface area contributed by atoms with Gasteiger partial charge in [-0.3, -0.25) is 0 Å². The van der Waals surface area contributed by atoms with Crippen molar-refractivity contribution in [3.8, 4) is 16.8 Å². The van der Waals surface area contributed by atoms with Crippen LogP contribution in [0.3, 0.4) is 0 Å². The standard InChI is InChI=1S/C46H55B25N2O/c47-8-4-12-7(15-14(5-11(50)22(51)23(15)52)73(12)44-40(69)36(65)35(64)37(66)41(44)70)3-13(8)72(6-1-9(48)16(10(49)2-6)17-25(54)31(60)34(63)32(61)26(17)55)43-30(59)18-19(29(58)39(43)68)45-20(27(56)24(18)53)21-28(57)33(62)38(67)42(71)46(21)74-45/h1-5H,47-71H2. The van der Waals surface area contributed by atoms with Crippen molar-refractivity contribution in [2.24, 2.45) is 0 Å². The largest absolute Gasteiger partial charge is 0.456 e. The Morgan fingerprint density at radius 1 is 0.297 bits per heavy atom. The van der Waals surface area contributed by atoms with Crippen LogP contribution in [0.4, 0.5) is 17.1 Å². The summed E-state index contributed by atoms with van der Waals surface area (Å²) in [6.45, 7) is 0. The van der Waals surface area contributed by atoms with Gasteiger partial charge in [0.1, 0.15) is 207 Å². The van der Waals surface area contributed by atoms with Crippen LogP contribution < -0.4 is 141 Å². The van der Waals surface area contributed by atoms with Gasteiger partial charge in [0.2, 0.25) is 0 Å². The van der Waals surface area contributed by atoms with Gasteiger partial charge in [0.05, 0.1) is 11.0 Å². The van der Waals surface area contributed by atoms with Crippen molar-refractivity contribution >= 4 is 404 Å². The molecule has 74 heavy (non-hydrogen) atoms. The van der Waals surface area contributed by atoms with Crippen LogP contribution >= 0.6 is 0 Å². The van der Waals surface area contributed by atoms with Crippen LogP contribution in [-0.2, 0) is 0 Å². The molecule has 10 rings (SSSR count). The summed E-state index contributed by atoms with van der Waals surface area (Å²) in [5.41, 5.74) is 45.4. The molecule has 0 bridgehead atoms. The molecular formula is C46H55B25N2O. The molecule has 8 aromatic carbocycles. The van der Waals surface area contributed by atoms with Crippen LogP contribution in [0.2, 0.25) is 0 Å². The number of hydrogen-bond donors (Lipinski definition) is 0. The van der Waals surface area contributed by atoms with Gasteiger partial charge in [-0.15, -0.1) is 32.8 Å². The molecule has 28 heteroatoms. The van der Waals surface area contributed by atoms with Crippen molar-refractivity contribution in [1.29, 1.82) is 0 Å². The van der Waals surface area contributed by atoms with Crippen molar-refractivity contribution in [2.75, 3.05) is 4.90 Å². The van der Waals surface area contributed by atoms with Gasteiger partial charge in [-0.25, -0.2) is 0 Å². The highest BCUT2D eigenvalue weighted by atomic mass is 16.3. The Morgan fingerprint density at radius 3 is 1.28 bits per heavy atom. The van der Waals surface area contributed by atoms with E-state index in [9.17, 15) is 0 Å². The summed E-state index contributed by atoms with van der Waals surface area (Å²) in [6, 6.07) is 12.5. The molecule has 0 atom stereocenters. The Morgan fingerprint density at radius 2 is 0.716 bits per heavy atom. The lowest BCUT2D eigenvalue weighted by atomic mass is 9.58. The number of hydrogen-bond acceptors (Lipinski definition) is 2. The van der Waals surface area contributed by atoms with Crippen molar-refractivity contribution in [3.63, 3.8) is 0 Å². The molecule has 3 nitrogen and oxygen atoms in total. The van der Waals surface area contributed by atoms with E-state index >= 15 is 0 Å². The fourth-order valence-electron chi connectivity index (χ4n) is 13.9. The second kappa shape index (κ2) is 18.1. The summed E-state index contributed by atoms with van der Waals surface area (Å²) < 4.78 is 9.85. The molecule has 2 aromatic heterocycles. The Kier molecular flexibility index (Phi) is 12.8. The van der Waals surface area contributed by atoms with E-state index in [1.54, 1.807) is 0 Å². The lowest BCUT2D eigenvalue weighted by molar-refractivity contribution is 0.676. The molecule has 2 heterocycles. The highest BCUT2D eigenvalue weighted by molar-refractivity contribution is 6.73. The van der Waals surface area contributed by atoms with Crippen LogP contribution in [0, 0.1) is 0 Å². The van der Waals surface area contributed by atoms with Crippen molar-refractivity contribution in [1.82, 2.24) is 4.57 Å². The topological polar surface area (TPSA) is 21.3 Å². The third-order valence-corrected chi connectivity index (χ3v) is 20.0. The first-order valence-corrected chi connectivity index (χ1v) is 27.1. The van der Waals surface area contributed by atoms with Gasteiger partial charge in [0, 0.05) is 49.7 Å². The molecule has 0 N–H and O–H groups in total. The molecular weight excluding hydrogens is 867 g/mol. The number of rotatable bonds is 5. The van der Waals surface area contributed by atoms with Crippen LogP contribution in [-0.4, -0.2) is 201 Å². The molecule has 10 aromatic rings. The third kappa shape index (κ3) is 7.09. The van der Waals surface area contributed by atoms with Gasteiger partial charge >= 0.3 is 0 Å². The molecule has 0 aliphatic rings. The monoisotopic (exact) mass is 927 g/mol. The summed E-state index contributed by atoms with van der Waals surface area (Å²) in [5.74, 6) is 0. The first kappa shape index (κ1) is 52.5. The van der Waals surface area contributed by atoms with E-state index in [0.29, 0.717) is 0 Å². The predicted octanol–water partition coefficient (Wildman–Crippen LogP) is -30.6. The minimum absolute atomic E-state index is 1.01. The van der Waals surface area contributed by atoms with Crippen LogP contribution in [0.25, 0.3) is 71.3 Å². The summed E-state index contributed by atoms with van der Waals surface area (Å²) in [7, 11) is 57.8. The number of aromatic nitrogens is 1. The van der Waals surface area contributed by atoms with Gasteiger partial charge < -0.3 is 13.9 Å². The molecule has 0 aliphatic carbocycles. The van der Waals surface area contributed by atoms with E-state index in [-0.39, 0.29) is 0 Å². The van der Waals surface area contributed by atoms with Gasteiger partial charge in [-0.05, 0) is 46.8 Å².